The van der Waals surface area contributed by atoms with Crippen molar-refractivity contribution in [3.8, 4) is 0 Å². The molecular formula is C14H14ClN3O. The van der Waals surface area contributed by atoms with E-state index in [-0.39, 0.29) is 11.9 Å². The molecule has 5 heteroatoms. The molecule has 19 heavy (non-hydrogen) atoms. The van der Waals surface area contributed by atoms with Crippen LogP contribution in [0.3, 0.4) is 0 Å². The molecule has 0 aliphatic rings. The summed E-state index contributed by atoms with van der Waals surface area (Å²) in [5.74, 6) is 0.449. The van der Waals surface area contributed by atoms with Crippen LogP contribution in [0.25, 0.3) is 0 Å². The number of nitrogens with one attached hydrogen (secondary N) is 1. The Hall–Kier alpha value is -1.94. The predicted molar refractivity (Wildman–Crippen MR) is 74.1 cm³/mol. The molecule has 98 valence electrons. The van der Waals surface area contributed by atoms with Gasteiger partial charge in [0.05, 0.1) is 11.6 Å². The van der Waals surface area contributed by atoms with Gasteiger partial charge in [0.1, 0.15) is 5.82 Å². The van der Waals surface area contributed by atoms with Gasteiger partial charge in [-0.2, -0.15) is 0 Å². The average Bonchev–Trinajstić information content (AvgIpc) is 2.40. The van der Waals surface area contributed by atoms with E-state index in [1.54, 1.807) is 19.1 Å². The molecule has 1 heterocycles. The van der Waals surface area contributed by atoms with E-state index in [2.05, 4.69) is 15.3 Å². The number of amides is 1. The number of hydrogen-bond acceptors (Lipinski definition) is 3. The summed E-state index contributed by atoms with van der Waals surface area (Å²) in [4.78, 5) is 20.0. The van der Waals surface area contributed by atoms with Gasteiger partial charge >= 0.3 is 0 Å². The summed E-state index contributed by atoms with van der Waals surface area (Å²) in [7, 11) is 0. The number of aromatic nitrogens is 2. The third-order valence-corrected chi connectivity index (χ3v) is 3.01. The highest BCUT2D eigenvalue weighted by Gasteiger charge is 2.11. The normalized spacial score (nSPS) is 11.9. The Kier molecular flexibility index (Phi) is 4.12. The number of benzene rings is 1. The van der Waals surface area contributed by atoms with Crippen LogP contribution in [0.2, 0.25) is 5.02 Å². The SMILES string of the molecule is Cc1ncc(C(=O)N[C@@H](C)c2ccc(Cl)cc2)cn1. The first-order chi connectivity index (χ1) is 9.06. The van der Waals surface area contributed by atoms with Crippen molar-refractivity contribution in [3.63, 3.8) is 0 Å². The third-order valence-electron chi connectivity index (χ3n) is 2.76. The molecule has 0 aliphatic heterocycles. The highest BCUT2D eigenvalue weighted by molar-refractivity contribution is 6.30. The second-order valence-electron chi connectivity index (χ2n) is 4.27. The third kappa shape index (κ3) is 3.51. The molecule has 0 saturated carbocycles. The molecule has 0 unspecified atom stereocenters. The van der Waals surface area contributed by atoms with Gasteiger partial charge in [-0.15, -0.1) is 0 Å². The second-order valence-corrected chi connectivity index (χ2v) is 4.70. The number of carbonyl (C=O) groups is 1. The van der Waals surface area contributed by atoms with Gasteiger partial charge in [0, 0.05) is 17.4 Å². The molecular weight excluding hydrogens is 262 g/mol. The van der Waals surface area contributed by atoms with Crippen LogP contribution < -0.4 is 5.32 Å². The lowest BCUT2D eigenvalue weighted by Gasteiger charge is -2.14. The number of aryl methyl sites for hydroxylation is 1. The van der Waals surface area contributed by atoms with Crippen LogP contribution in [0.5, 0.6) is 0 Å². The molecule has 1 aromatic heterocycles. The van der Waals surface area contributed by atoms with Crippen molar-refractivity contribution in [1.29, 1.82) is 0 Å². The molecule has 1 atom stereocenters. The molecule has 2 rings (SSSR count). The fourth-order valence-corrected chi connectivity index (χ4v) is 1.75. The number of carbonyl (C=O) groups excluding carboxylic acids is 1. The molecule has 0 bridgehead atoms. The molecule has 1 aromatic carbocycles. The van der Waals surface area contributed by atoms with Gasteiger partial charge in [0.15, 0.2) is 0 Å². The number of hydrogen-bond donors (Lipinski definition) is 1. The van der Waals surface area contributed by atoms with E-state index in [1.165, 1.54) is 12.4 Å². The van der Waals surface area contributed by atoms with E-state index < -0.39 is 0 Å². The first kappa shape index (κ1) is 13.5. The van der Waals surface area contributed by atoms with Crippen LogP contribution >= 0.6 is 11.6 Å². The average molecular weight is 276 g/mol. The van der Waals surface area contributed by atoms with Gasteiger partial charge in [-0.05, 0) is 31.5 Å². The minimum absolute atomic E-state index is 0.105. The first-order valence-corrected chi connectivity index (χ1v) is 6.29. The van der Waals surface area contributed by atoms with E-state index >= 15 is 0 Å². The largest absolute Gasteiger partial charge is 0.345 e. The summed E-state index contributed by atoms with van der Waals surface area (Å²) in [5.41, 5.74) is 1.44. The van der Waals surface area contributed by atoms with Crippen LogP contribution in [-0.4, -0.2) is 15.9 Å². The Morgan fingerprint density at radius 3 is 2.37 bits per heavy atom. The summed E-state index contributed by atoms with van der Waals surface area (Å²) in [6, 6.07) is 7.27. The maximum atomic E-state index is 12.0. The van der Waals surface area contributed by atoms with Crippen molar-refractivity contribution in [1.82, 2.24) is 15.3 Å². The Morgan fingerprint density at radius 2 is 1.79 bits per heavy atom. The fourth-order valence-electron chi connectivity index (χ4n) is 1.62. The van der Waals surface area contributed by atoms with Crippen LogP contribution in [0, 0.1) is 6.92 Å². The molecule has 1 amide bonds. The van der Waals surface area contributed by atoms with E-state index in [0.717, 1.165) is 5.56 Å². The minimum Gasteiger partial charge on any atom is -0.345 e. The van der Waals surface area contributed by atoms with Crippen molar-refractivity contribution < 1.29 is 4.79 Å². The number of rotatable bonds is 3. The minimum atomic E-state index is -0.192. The Bertz CT molecular complexity index is 566. The molecule has 0 radical (unpaired) electrons. The molecule has 0 fully saturated rings. The zero-order valence-corrected chi connectivity index (χ0v) is 11.5. The van der Waals surface area contributed by atoms with Crippen molar-refractivity contribution in [2.75, 3.05) is 0 Å². The lowest BCUT2D eigenvalue weighted by atomic mass is 10.1. The molecule has 2 aromatic rings. The summed E-state index contributed by atoms with van der Waals surface area (Å²) in [6.45, 7) is 3.69. The van der Waals surface area contributed by atoms with E-state index in [1.807, 2.05) is 19.1 Å². The zero-order valence-electron chi connectivity index (χ0n) is 10.7. The van der Waals surface area contributed by atoms with Gasteiger partial charge in [-0.25, -0.2) is 9.97 Å². The second kappa shape index (κ2) is 5.80. The van der Waals surface area contributed by atoms with Crippen LogP contribution in [0.1, 0.15) is 34.7 Å². The van der Waals surface area contributed by atoms with Crippen LogP contribution in [0.15, 0.2) is 36.7 Å². The molecule has 1 N–H and O–H groups in total. The quantitative estimate of drug-likeness (QED) is 0.937. The Morgan fingerprint density at radius 1 is 1.21 bits per heavy atom. The maximum Gasteiger partial charge on any atom is 0.254 e. The summed E-state index contributed by atoms with van der Waals surface area (Å²) >= 11 is 5.83. The summed E-state index contributed by atoms with van der Waals surface area (Å²) in [6.07, 6.45) is 3.04. The van der Waals surface area contributed by atoms with Crippen molar-refractivity contribution >= 4 is 17.5 Å². The van der Waals surface area contributed by atoms with Gasteiger partial charge in [0.2, 0.25) is 0 Å². The molecule has 0 spiro atoms. The monoisotopic (exact) mass is 275 g/mol. The highest BCUT2D eigenvalue weighted by atomic mass is 35.5. The highest BCUT2D eigenvalue weighted by Crippen LogP contribution is 2.16. The van der Waals surface area contributed by atoms with E-state index in [9.17, 15) is 4.79 Å². The lowest BCUT2D eigenvalue weighted by Crippen LogP contribution is -2.26. The summed E-state index contributed by atoms with van der Waals surface area (Å²) in [5, 5.41) is 3.56. The van der Waals surface area contributed by atoms with Gasteiger partial charge in [-0.3, -0.25) is 4.79 Å². The first-order valence-electron chi connectivity index (χ1n) is 5.91. The van der Waals surface area contributed by atoms with E-state index in [0.29, 0.717) is 16.4 Å². The summed E-state index contributed by atoms with van der Waals surface area (Å²) < 4.78 is 0. The van der Waals surface area contributed by atoms with Gasteiger partial charge in [-0.1, -0.05) is 23.7 Å². The molecule has 0 aliphatic carbocycles. The van der Waals surface area contributed by atoms with Gasteiger partial charge < -0.3 is 5.32 Å². The van der Waals surface area contributed by atoms with Crippen molar-refractivity contribution in [3.05, 3.63) is 58.6 Å². The molecule has 0 saturated heterocycles. The standard InChI is InChI=1S/C14H14ClN3O/c1-9(11-3-5-13(15)6-4-11)18-14(19)12-7-16-10(2)17-8-12/h3-9H,1-2H3,(H,18,19)/t9-/m0/s1. The molecule has 4 nitrogen and oxygen atoms in total. The lowest BCUT2D eigenvalue weighted by molar-refractivity contribution is 0.0939. The zero-order chi connectivity index (χ0) is 13.8. The van der Waals surface area contributed by atoms with E-state index in [4.69, 9.17) is 11.6 Å². The smallest absolute Gasteiger partial charge is 0.254 e. The van der Waals surface area contributed by atoms with Crippen LogP contribution in [-0.2, 0) is 0 Å². The Labute approximate surface area is 116 Å². The van der Waals surface area contributed by atoms with Crippen LogP contribution in [0.4, 0.5) is 0 Å². The predicted octanol–water partition coefficient (Wildman–Crippen LogP) is 2.93. The topological polar surface area (TPSA) is 54.9 Å². The number of halogens is 1. The number of nitrogens with zero attached hydrogens (tertiary/aromatic N) is 2. The Balaban J connectivity index is 2.06. The maximum absolute atomic E-state index is 12.0. The van der Waals surface area contributed by atoms with Gasteiger partial charge in [0.25, 0.3) is 5.91 Å². The van der Waals surface area contributed by atoms with Crippen molar-refractivity contribution in [2.24, 2.45) is 0 Å². The fraction of sp³-hybridized carbons (Fsp3) is 0.214. The van der Waals surface area contributed by atoms with Crippen molar-refractivity contribution in [2.45, 2.75) is 19.9 Å².